The topological polar surface area (TPSA) is 73.8 Å². The molecule has 3 aromatic carbocycles. The molecular weight excluding hydrogens is 513 g/mol. The van der Waals surface area contributed by atoms with Crippen LogP contribution in [0.3, 0.4) is 0 Å². The highest BCUT2D eigenvalue weighted by molar-refractivity contribution is 7.89. The predicted octanol–water partition coefficient (Wildman–Crippen LogP) is 3.63. The quantitative estimate of drug-likeness (QED) is 0.454. The summed E-state index contributed by atoms with van der Waals surface area (Å²) in [6.07, 6.45) is -4.01. The summed E-state index contributed by atoms with van der Waals surface area (Å²) < 4.78 is 67.2. The first-order valence-electron chi connectivity index (χ1n) is 12.3. The lowest BCUT2D eigenvalue weighted by Gasteiger charge is -2.24. The van der Waals surface area contributed by atoms with E-state index in [1.165, 1.54) is 11.8 Å². The van der Waals surface area contributed by atoms with E-state index in [0.717, 1.165) is 40.8 Å². The first kappa shape index (κ1) is 27.8. The molecular formula is C28H31F3N4O2S. The van der Waals surface area contributed by atoms with Crippen molar-refractivity contribution in [2.24, 2.45) is 10.9 Å². The second-order valence-electron chi connectivity index (χ2n) is 9.59. The molecule has 3 aromatic rings. The standard InChI is InChI=1S/C28H31F3N4O2S/c1-19-16-26(34-24-10-6-4-8-22(24)27(19)35(2)3)32-17-20-12-14-21(15-13-20)18-33-38(36,37)25-11-7-5-9-23(25)28(29,30)31/h4-15,19,26,32-33H,16-18H2,1-3H3. The number of fused-ring (bicyclic) bond motifs is 1. The summed E-state index contributed by atoms with van der Waals surface area (Å²) in [5.41, 5.74) is 1.67. The Labute approximate surface area is 221 Å². The molecule has 4 rings (SSSR count). The fraction of sp³-hybridized carbons (Fsp3) is 0.321. The number of hydrogen-bond acceptors (Lipinski definition) is 5. The van der Waals surface area contributed by atoms with Gasteiger partial charge in [0.05, 0.1) is 15.8 Å². The van der Waals surface area contributed by atoms with Gasteiger partial charge in [0.2, 0.25) is 10.0 Å². The summed E-state index contributed by atoms with van der Waals surface area (Å²) >= 11 is 0. The van der Waals surface area contributed by atoms with Crippen LogP contribution in [0, 0.1) is 5.92 Å². The van der Waals surface area contributed by atoms with Crippen LogP contribution in [0.4, 0.5) is 13.2 Å². The number of nitrogens with zero attached hydrogens (tertiary/aromatic N) is 2. The Morgan fingerprint density at radius 3 is 2.18 bits per heavy atom. The molecule has 0 saturated heterocycles. The number of halogens is 3. The van der Waals surface area contributed by atoms with E-state index in [-0.39, 0.29) is 12.7 Å². The van der Waals surface area contributed by atoms with Gasteiger partial charge in [0.25, 0.3) is 0 Å². The lowest BCUT2D eigenvalue weighted by molar-refractivity contribution is -0.139. The van der Waals surface area contributed by atoms with Crippen molar-refractivity contribution in [1.29, 1.82) is 0 Å². The van der Waals surface area contributed by atoms with Crippen LogP contribution in [0.1, 0.15) is 30.0 Å². The Bertz CT molecular complexity index is 1500. The summed E-state index contributed by atoms with van der Waals surface area (Å²) in [6, 6.07) is 19.5. The van der Waals surface area contributed by atoms with Crippen LogP contribution in [0.2, 0.25) is 0 Å². The maximum absolute atomic E-state index is 13.3. The monoisotopic (exact) mass is 544 g/mol. The van der Waals surface area contributed by atoms with Gasteiger partial charge in [-0.15, -0.1) is 0 Å². The summed E-state index contributed by atoms with van der Waals surface area (Å²) in [5.74, 6) is 0.299. The molecule has 0 fully saturated rings. The van der Waals surface area contributed by atoms with Crippen LogP contribution in [0.15, 0.2) is 82.7 Å². The largest absolute Gasteiger partial charge is 0.417 e. The van der Waals surface area contributed by atoms with Crippen LogP contribution in [-0.4, -0.2) is 33.6 Å². The molecule has 0 bridgehead atoms. The molecule has 0 amide bonds. The second-order valence-corrected chi connectivity index (χ2v) is 11.3. The van der Waals surface area contributed by atoms with Crippen molar-refractivity contribution < 1.29 is 21.6 Å². The number of hydrogen-bond donors (Lipinski definition) is 2. The minimum absolute atomic E-state index is 0.0798. The molecule has 1 aliphatic rings. The minimum Gasteiger partial charge on any atom is -0.380 e. The van der Waals surface area contributed by atoms with Gasteiger partial charge in [-0.1, -0.05) is 61.5 Å². The van der Waals surface area contributed by atoms with Gasteiger partial charge >= 0.3 is 6.18 Å². The minimum atomic E-state index is -4.77. The van der Waals surface area contributed by atoms with Gasteiger partial charge in [-0.2, -0.15) is 13.2 Å². The molecule has 0 saturated carbocycles. The normalized spacial score (nSPS) is 17.9. The molecule has 0 aliphatic carbocycles. The Balaban J connectivity index is 1.41. The second kappa shape index (κ2) is 11.3. The SMILES string of the molecule is CC1CC(NCc2ccc(CNS(=O)(=O)c3ccccc3C(F)(F)F)cc2)N=c2ccccc2=C1N(C)C. The number of benzene rings is 3. The Morgan fingerprint density at radius 2 is 1.53 bits per heavy atom. The molecule has 2 N–H and O–H groups in total. The summed E-state index contributed by atoms with van der Waals surface area (Å²) in [4.78, 5) is 6.31. The van der Waals surface area contributed by atoms with Gasteiger partial charge in [-0.05, 0) is 41.7 Å². The molecule has 0 aromatic heterocycles. The fourth-order valence-corrected chi connectivity index (χ4v) is 5.99. The van der Waals surface area contributed by atoms with E-state index in [1.807, 2.05) is 44.4 Å². The zero-order valence-electron chi connectivity index (χ0n) is 21.5. The first-order chi connectivity index (χ1) is 18.0. The summed E-state index contributed by atoms with van der Waals surface area (Å²) in [6.45, 7) is 2.63. The third kappa shape index (κ3) is 6.43. The molecule has 0 radical (unpaired) electrons. The van der Waals surface area contributed by atoms with Crippen molar-refractivity contribution in [3.8, 4) is 0 Å². The molecule has 6 nitrogen and oxygen atoms in total. The smallest absolute Gasteiger partial charge is 0.380 e. The van der Waals surface area contributed by atoms with Gasteiger partial charge in [0, 0.05) is 38.1 Å². The van der Waals surface area contributed by atoms with E-state index in [4.69, 9.17) is 4.99 Å². The lowest BCUT2D eigenvalue weighted by Crippen LogP contribution is -2.33. The number of sulfonamides is 1. The number of alkyl halides is 3. The van der Waals surface area contributed by atoms with E-state index in [0.29, 0.717) is 18.0 Å². The first-order valence-corrected chi connectivity index (χ1v) is 13.8. The van der Waals surface area contributed by atoms with Crippen molar-refractivity contribution in [1.82, 2.24) is 14.9 Å². The number of nitrogens with one attached hydrogen (secondary N) is 2. The zero-order valence-corrected chi connectivity index (χ0v) is 22.3. The molecule has 1 heterocycles. The lowest BCUT2D eigenvalue weighted by atomic mass is 10.00. The predicted molar refractivity (Wildman–Crippen MR) is 141 cm³/mol. The van der Waals surface area contributed by atoms with E-state index >= 15 is 0 Å². The average Bonchev–Trinajstić information content (AvgIpc) is 3.01. The third-order valence-electron chi connectivity index (χ3n) is 6.51. The Hall–Kier alpha value is -3.21. The van der Waals surface area contributed by atoms with Crippen LogP contribution in [0.5, 0.6) is 0 Å². The molecule has 2 unspecified atom stereocenters. The highest BCUT2D eigenvalue weighted by Crippen LogP contribution is 2.33. The third-order valence-corrected chi connectivity index (χ3v) is 7.97. The van der Waals surface area contributed by atoms with Crippen molar-refractivity contribution >= 4 is 15.7 Å². The van der Waals surface area contributed by atoms with E-state index in [2.05, 4.69) is 27.9 Å². The summed E-state index contributed by atoms with van der Waals surface area (Å²) in [7, 11) is -0.254. The number of rotatable bonds is 8. The maximum Gasteiger partial charge on any atom is 0.417 e. The van der Waals surface area contributed by atoms with Crippen LogP contribution < -0.4 is 20.6 Å². The van der Waals surface area contributed by atoms with E-state index in [9.17, 15) is 21.6 Å². The highest BCUT2D eigenvalue weighted by Gasteiger charge is 2.36. The van der Waals surface area contributed by atoms with Crippen LogP contribution >= 0.6 is 0 Å². The Morgan fingerprint density at radius 1 is 0.921 bits per heavy atom. The molecule has 0 spiro atoms. The van der Waals surface area contributed by atoms with E-state index < -0.39 is 26.7 Å². The maximum atomic E-state index is 13.3. The molecule has 38 heavy (non-hydrogen) atoms. The van der Waals surface area contributed by atoms with Crippen molar-refractivity contribution in [2.45, 2.75) is 43.7 Å². The van der Waals surface area contributed by atoms with Gasteiger partial charge < -0.3 is 4.90 Å². The van der Waals surface area contributed by atoms with E-state index in [1.54, 1.807) is 12.1 Å². The van der Waals surface area contributed by atoms with Crippen molar-refractivity contribution in [3.63, 3.8) is 0 Å². The van der Waals surface area contributed by atoms with Crippen molar-refractivity contribution in [2.75, 3.05) is 14.1 Å². The Kier molecular flexibility index (Phi) is 8.25. The molecule has 1 aliphatic heterocycles. The van der Waals surface area contributed by atoms with Gasteiger partial charge in [0.1, 0.15) is 6.17 Å². The molecule has 10 heteroatoms. The molecule has 202 valence electrons. The van der Waals surface area contributed by atoms with Gasteiger partial charge in [-0.3, -0.25) is 10.3 Å². The zero-order chi connectivity index (χ0) is 27.5. The van der Waals surface area contributed by atoms with Gasteiger partial charge in [0.15, 0.2) is 0 Å². The average molecular weight is 545 g/mol. The summed E-state index contributed by atoms with van der Waals surface area (Å²) in [5, 5.41) is 5.60. The van der Waals surface area contributed by atoms with Crippen molar-refractivity contribution in [3.05, 3.63) is 100 Å². The molecule has 2 atom stereocenters. The van der Waals surface area contributed by atoms with Crippen LogP contribution in [0.25, 0.3) is 5.70 Å². The van der Waals surface area contributed by atoms with Crippen LogP contribution in [-0.2, 0) is 29.3 Å². The van der Waals surface area contributed by atoms with Gasteiger partial charge in [-0.25, -0.2) is 13.1 Å². The number of para-hydroxylation sites is 1. The fourth-order valence-electron chi connectivity index (χ4n) is 4.75. The highest BCUT2D eigenvalue weighted by atomic mass is 32.2.